The van der Waals surface area contributed by atoms with Crippen LogP contribution in [0.1, 0.15) is 0 Å². The Labute approximate surface area is 122 Å². The highest BCUT2D eigenvalue weighted by Crippen LogP contribution is 2.27. The number of aliphatic hydroxyl groups excluding tert-OH is 4. The van der Waals surface area contributed by atoms with Gasteiger partial charge < -0.3 is 34.6 Å². The molecule has 4 N–H and O–H groups in total. The molecule has 2 heterocycles. The van der Waals surface area contributed by atoms with E-state index in [-0.39, 0.29) is 13.2 Å². The van der Waals surface area contributed by atoms with Crippen molar-refractivity contribution in [3.05, 3.63) is 30.3 Å². The van der Waals surface area contributed by atoms with E-state index in [0.29, 0.717) is 6.61 Å². The van der Waals surface area contributed by atoms with Crippen molar-refractivity contribution in [1.82, 2.24) is 0 Å². The fourth-order valence-corrected chi connectivity index (χ4v) is 2.06. The zero-order chi connectivity index (χ0) is 15.2. The van der Waals surface area contributed by atoms with Gasteiger partial charge in [-0.05, 0) is 12.1 Å². The number of benzene rings is 1. The Bertz CT molecular complexity index is 393. The summed E-state index contributed by atoms with van der Waals surface area (Å²) in [6.07, 6.45) is -4.58. The summed E-state index contributed by atoms with van der Waals surface area (Å²) in [4.78, 5) is 0. The van der Waals surface area contributed by atoms with Crippen LogP contribution in [0.4, 0.5) is 0 Å². The summed E-state index contributed by atoms with van der Waals surface area (Å²) < 4.78 is 15.1. The van der Waals surface area contributed by atoms with Gasteiger partial charge in [-0.25, -0.2) is 0 Å². The predicted octanol–water partition coefficient (Wildman–Crippen LogP) is -1.12. The quantitative estimate of drug-likeness (QED) is 0.560. The van der Waals surface area contributed by atoms with Crippen LogP contribution < -0.4 is 4.74 Å². The lowest BCUT2D eigenvalue weighted by Crippen LogP contribution is -2.53. The molecule has 1 aromatic carbocycles. The lowest BCUT2D eigenvalue weighted by atomic mass is 10.0. The van der Waals surface area contributed by atoms with Gasteiger partial charge in [-0.1, -0.05) is 18.2 Å². The lowest BCUT2D eigenvalue weighted by molar-refractivity contribution is -0.228. The van der Waals surface area contributed by atoms with Gasteiger partial charge in [-0.3, -0.25) is 0 Å². The number of para-hydroxylation sites is 1. The topological polar surface area (TPSA) is 109 Å². The maximum absolute atomic E-state index is 9.22. The largest absolute Gasteiger partial charge is 0.491 e. The highest BCUT2D eigenvalue weighted by atomic mass is 16.7. The van der Waals surface area contributed by atoms with Crippen molar-refractivity contribution < 1.29 is 34.6 Å². The van der Waals surface area contributed by atoms with E-state index in [9.17, 15) is 10.2 Å². The van der Waals surface area contributed by atoms with Gasteiger partial charge in [0.05, 0.1) is 13.2 Å². The van der Waals surface area contributed by atoms with Crippen LogP contribution in [0, 0.1) is 0 Å². The van der Waals surface area contributed by atoms with Gasteiger partial charge in [0.1, 0.15) is 36.8 Å². The Morgan fingerprint density at radius 3 is 2.43 bits per heavy atom. The first-order valence-electron chi connectivity index (χ1n) is 6.73. The smallest absolute Gasteiger partial charge is 0.186 e. The Hall–Kier alpha value is -1.22. The molecule has 1 aromatic rings. The van der Waals surface area contributed by atoms with Crippen molar-refractivity contribution in [2.75, 3.05) is 19.8 Å². The summed E-state index contributed by atoms with van der Waals surface area (Å²) in [5.74, 6) is 0.802. The maximum atomic E-state index is 9.22. The second kappa shape index (κ2) is 7.69. The molecule has 0 amide bonds. The number of hydrogen-bond donors (Lipinski definition) is 4. The van der Waals surface area contributed by atoms with Crippen molar-refractivity contribution >= 4 is 0 Å². The van der Waals surface area contributed by atoms with Gasteiger partial charge in [-0.15, -0.1) is 0 Å². The molecule has 0 radical (unpaired) electrons. The van der Waals surface area contributed by atoms with Gasteiger partial charge >= 0.3 is 0 Å². The highest BCUT2D eigenvalue weighted by Gasteiger charge is 2.48. The van der Waals surface area contributed by atoms with E-state index in [0.717, 1.165) is 5.75 Å². The zero-order valence-electron chi connectivity index (χ0n) is 11.4. The average Bonchev–Trinajstić information content (AvgIpc) is 2.98. The molecule has 2 bridgehead atoms. The summed E-state index contributed by atoms with van der Waals surface area (Å²) in [6.45, 7) is 0.666. The van der Waals surface area contributed by atoms with Crippen LogP contribution in [0.15, 0.2) is 30.3 Å². The lowest BCUT2D eigenvalue weighted by Gasteiger charge is -2.32. The molecule has 2 aliphatic heterocycles. The minimum Gasteiger partial charge on any atom is -0.491 e. The summed E-state index contributed by atoms with van der Waals surface area (Å²) >= 11 is 0. The van der Waals surface area contributed by atoms with E-state index in [4.69, 9.17) is 24.4 Å². The highest BCUT2D eigenvalue weighted by molar-refractivity contribution is 5.20. The summed E-state index contributed by atoms with van der Waals surface area (Å²) in [5, 5.41) is 36.0. The van der Waals surface area contributed by atoms with Crippen LogP contribution >= 0.6 is 0 Å². The normalized spacial score (nSPS) is 34.0. The molecule has 2 saturated heterocycles. The predicted molar refractivity (Wildman–Crippen MR) is 71.7 cm³/mol. The van der Waals surface area contributed by atoms with E-state index < -0.39 is 30.7 Å². The summed E-state index contributed by atoms with van der Waals surface area (Å²) in [5.41, 5.74) is 0. The Morgan fingerprint density at radius 1 is 1.05 bits per heavy atom. The first-order chi connectivity index (χ1) is 10.1. The third kappa shape index (κ3) is 4.13. The fourth-order valence-electron chi connectivity index (χ4n) is 2.06. The van der Waals surface area contributed by atoms with Gasteiger partial charge in [0.15, 0.2) is 6.29 Å². The van der Waals surface area contributed by atoms with E-state index in [1.165, 1.54) is 0 Å². The minimum atomic E-state index is -1.15. The van der Waals surface area contributed by atoms with Crippen molar-refractivity contribution in [3.8, 4) is 5.75 Å². The molecule has 7 heteroatoms. The first kappa shape index (κ1) is 16.2. The minimum absolute atomic E-state index is 0.0644. The van der Waals surface area contributed by atoms with Crippen LogP contribution in [0.3, 0.4) is 0 Å². The fraction of sp³-hybridized carbons (Fsp3) is 0.571. The Kier molecular flexibility index (Phi) is 5.92. The van der Waals surface area contributed by atoms with Crippen LogP contribution in [-0.4, -0.2) is 71.0 Å². The molecular weight excluding hydrogens is 280 g/mol. The second-order valence-electron chi connectivity index (χ2n) is 4.73. The van der Waals surface area contributed by atoms with E-state index in [2.05, 4.69) is 0 Å². The van der Waals surface area contributed by atoms with Gasteiger partial charge in [0, 0.05) is 0 Å². The molecule has 0 unspecified atom stereocenters. The summed E-state index contributed by atoms with van der Waals surface area (Å²) in [7, 11) is 0. The van der Waals surface area contributed by atoms with Crippen molar-refractivity contribution in [3.63, 3.8) is 0 Å². The van der Waals surface area contributed by atoms with Crippen LogP contribution in [0.2, 0.25) is 0 Å². The Morgan fingerprint density at radius 2 is 1.76 bits per heavy atom. The SMILES string of the molecule is OCCOc1ccccc1.O[C@@H]1[C@@H](O)[C@@H]2OC[C@@H](O2)[C@H]1O. The maximum Gasteiger partial charge on any atom is 0.186 e. The van der Waals surface area contributed by atoms with E-state index in [1.807, 2.05) is 30.3 Å². The molecule has 0 saturated carbocycles. The van der Waals surface area contributed by atoms with Gasteiger partial charge in [0.25, 0.3) is 0 Å². The van der Waals surface area contributed by atoms with Crippen LogP contribution in [-0.2, 0) is 9.47 Å². The molecule has 118 valence electrons. The standard InChI is InChI=1S/C8H10O2.C6H10O5/c9-6-7-10-8-4-2-1-3-5-8;7-3-2-1-10-6(11-2)5(9)4(3)8/h1-5,9H,6-7H2;2-9H,1H2/t;2-,3-,4+,5-,6-/m.1/s1. The third-order valence-corrected chi connectivity index (χ3v) is 3.20. The number of ether oxygens (including phenoxy) is 3. The molecule has 21 heavy (non-hydrogen) atoms. The van der Waals surface area contributed by atoms with Crippen LogP contribution in [0.5, 0.6) is 5.75 Å². The van der Waals surface area contributed by atoms with Crippen LogP contribution in [0.25, 0.3) is 0 Å². The second-order valence-corrected chi connectivity index (χ2v) is 4.73. The molecule has 2 fully saturated rings. The van der Waals surface area contributed by atoms with E-state index in [1.54, 1.807) is 0 Å². The number of fused-ring (bicyclic) bond motifs is 2. The molecule has 0 spiro atoms. The number of rotatable bonds is 3. The monoisotopic (exact) mass is 300 g/mol. The number of aliphatic hydroxyl groups is 4. The van der Waals surface area contributed by atoms with E-state index >= 15 is 0 Å². The van der Waals surface area contributed by atoms with Gasteiger partial charge in [0.2, 0.25) is 0 Å². The average molecular weight is 300 g/mol. The third-order valence-electron chi connectivity index (χ3n) is 3.20. The molecule has 0 aromatic heterocycles. The zero-order valence-corrected chi connectivity index (χ0v) is 11.4. The molecule has 2 aliphatic rings. The Balaban J connectivity index is 0.000000155. The van der Waals surface area contributed by atoms with Gasteiger partial charge in [-0.2, -0.15) is 0 Å². The first-order valence-corrected chi connectivity index (χ1v) is 6.73. The van der Waals surface area contributed by atoms with Crippen molar-refractivity contribution in [2.24, 2.45) is 0 Å². The molecule has 5 atom stereocenters. The van der Waals surface area contributed by atoms with Crippen molar-refractivity contribution in [2.45, 2.75) is 30.7 Å². The summed E-state index contributed by atoms with van der Waals surface area (Å²) in [6, 6.07) is 9.43. The number of hydrogen-bond acceptors (Lipinski definition) is 7. The molecular formula is C14H20O7. The van der Waals surface area contributed by atoms with Crippen molar-refractivity contribution in [1.29, 1.82) is 0 Å². The molecule has 3 rings (SSSR count). The molecule has 0 aliphatic carbocycles. The molecule has 7 nitrogen and oxygen atoms in total.